The Morgan fingerprint density at radius 1 is 1.04 bits per heavy atom. The molecule has 8 rings (SSSR count). The maximum Gasteiger partial charge on any atom is 0.178 e. The van der Waals surface area contributed by atoms with Gasteiger partial charge in [0, 0.05) is 59.9 Å². The van der Waals surface area contributed by atoms with E-state index < -0.39 is 33.4 Å². The number of carbonyl (C=O) groups excluding carboxylic acids is 2. The first kappa shape index (κ1) is 33.6. The summed E-state index contributed by atoms with van der Waals surface area (Å²) in [6.07, 6.45) is 7.59. The number of aromatic hydroxyl groups is 1. The lowest BCUT2D eigenvalue weighted by molar-refractivity contribution is -0.236. The molecule has 1 saturated heterocycles. The minimum absolute atomic E-state index is 0.0134. The molecule has 2 heterocycles. The van der Waals surface area contributed by atoms with Gasteiger partial charge in [-0.2, -0.15) is 0 Å². The van der Waals surface area contributed by atoms with Gasteiger partial charge in [-0.15, -0.1) is 0 Å². The third-order valence-electron chi connectivity index (χ3n) is 14.3. The number of piperazine rings is 1. The van der Waals surface area contributed by atoms with Crippen LogP contribution in [0.15, 0.2) is 65.2 Å². The molecule has 0 bridgehead atoms. The van der Waals surface area contributed by atoms with Crippen LogP contribution >= 0.6 is 11.6 Å². The minimum Gasteiger partial charge on any atom is -0.508 e. The zero-order chi connectivity index (χ0) is 35.4. The summed E-state index contributed by atoms with van der Waals surface area (Å²) in [7, 11) is 0. The van der Waals surface area contributed by atoms with Crippen LogP contribution in [-0.2, 0) is 9.59 Å². The molecular formula is C40H46ClN3O6. The first-order valence-electron chi connectivity index (χ1n) is 17.9. The molecule has 2 aromatic carbocycles. The van der Waals surface area contributed by atoms with Crippen molar-refractivity contribution in [2.24, 2.45) is 32.6 Å². The highest BCUT2D eigenvalue weighted by molar-refractivity contribution is 6.31. The van der Waals surface area contributed by atoms with Crippen molar-refractivity contribution in [2.75, 3.05) is 32.7 Å². The fourth-order valence-electron chi connectivity index (χ4n) is 11.0. The molecule has 50 heavy (non-hydrogen) atoms. The molecule has 2 saturated carbocycles. The molecule has 0 spiro atoms. The largest absolute Gasteiger partial charge is 0.508 e. The SMILES string of the molecule is C[C@]12[C@@H](O)C[C@@]3(C)[C@@H](CC[C@]3(O)C(=O)CN3CCN(C4=Nc5cc(O)ccc5Oc5ccc(Cl)cc54)CC3)[C@]1(C)CC=C1CC(=O)C=C[C@@]12C. The van der Waals surface area contributed by atoms with Gasteiger partial charge in [0.15, 0.2) is 17.3 Å². The number of carbonyl (C=O) groups is 2. The molecule has 0 radical (unpaired) electrons. The zero-order valence-electron chi connectivity index (χ0n) is 29.2. The van der Waals surface area contributed by atoms with Crippen molar-refractivity contribution in [3.05, 3.63) is 70.8 Å². The molecule has 6 aliphatic rings. The number of allylic oxidation sites excluding steroid dienone is 4. The Bertz CT molecular complexity index is 1900. The van der Waals surface area contributed by atoms with Gasteiger partial charge in [0.25, 0.3) is 0 Å². The van der Waals surface area contributed by atoms with Crippen molar-refractivity contribution in [1.82, 2.24) is 9.80 Å². The summed E-state index contributed by atoms with van der Waals surface area (Å²) in [5.41, 5.74) is -1.46. The Balaban J connectivity index is 1.02. The molecular weight excluding hydrogens is 654 g/mol. The number of hydrogen-bond donors (Lipinski definition) is 3. The predicted octanol–water partition coefficient (Wildman–Crippen LogP) is 6.21. The molecule has 10 heteroatoms. The first-order valence-corrected chi connectivity index (χ1v) is 18.2. The highest BCUT2D eigenvalue weighted by atomic mass is 35.5. The lowest BCUT2D eigenvalue weighted by atomic mass is 9.35. The van der Waals surface area contributed by atoms with Crippen molar-refractivity contribution in [1.29, 1.82) is 0 Å². The molecule has 3 N–H and O–H groups in total. The summed E-state index contributed by atoms with van der Waals surface area (Å²) < 4.78 is 6.19. The lowest BCUT2D eigenvalue weighted by Crippen LogP contribution is -2.70. The number of Topliss-reactive ketones (excluding diaryl/α,β-unsaturated/α-hetero) is 1. The molecule has 0 amide bonds. The van der Waals surface area contributed by atoms with Gasteiger partial charge in [0.2, 0.25) is 0 Å². The number of benzene rings is 2. The Morgan fingerprint density at radius 3 is 2.54 bits per heavy atom. The van der Waals surface area contributed by atoms with E-state index in [0.29, 0.717) is 86.3 Å². The number of hydrogen-bond acceptors (Lipinski definition) is 9. The van der Waals surface area contributed by atoms with Gasteiger partial charge in [-0.25, -0.2) is 4.99 Å². The zero-order valence-corrected chi connectivity index (χ0v) is 30.0. The van der Waals surface area contributed by atoms with Crippen molar-refractivity contribution in [3.8, 4) is 17.2 Å². The number of rotatable bonds is 3. The summed E-state index contributed by atoms with van der Waals surface area (Å²) in [6.45, 7) is 11.1. The molecule has 2 aromatic rings. The van der Waals surface area contributed by atoms with E-state index in [4.69, 9.17) is 21.3 Å². The van der Waals surface area contributed by atoms with Crippen molar-refractivity contribution >= 4 is 34.7 Å². The van der Waals surface area contributed by atoms with Crippen LogP contribution in [-0.4, -0.2) is 87.0 Å². The van der Waals surface area contributed by atoms with Crippen LogP contribution in [0.5, 0.6) is 17.2 Å². The second kappa shape index (κ2) is 11.2. The predicted molar refractivity (Wildman–Crippen MR) is 191 cm³/mol. The number of ketones is 2. The van der Waals surface area contributed by atoms with E-state index in [1.165, 1.54) is 0 Å². The maximum absolute atomic E-state index is 14.3. The number of halogens is 1. The average molecular weight is 700 g/mol. The minimum atomic E-state index is -1.56. The molecule has 2 aliphatic heterocycles. The van der Waals surface area contributed by atoms with Gasteiger partial charge >= 0.3 is 0 Å². The van der Waals surface area contributed by atoms with Crippen molar-refractivity contribution < 1.29 is 29.6 Å². The van der Waals surface area contributed by atoms with Crippen LogP contribution in [0.4, 0.5) is 5.69 Å². The van der Waals surface area contributed by atoms with Crippen LogP contribution in [0.1, 0.15) is 65.4 Å². The standard InChI is InChI=1S/C40H46ClN3O6/c1-36-13-10-27(46)19-24(36)9-12-37(2)32-11-14-40(49,38(32,3)22-33(47)39(36,37)4)34(48)23-43-15-17-44(18-16-43)35-28-20-25(41)5-7-30(28)50-31-8-6-26(45)21-29(31)42-35/h5-10,13,20-21,32-33,45,47,49H,11-12,14-19,22-23H2,1-4H3/t32-,33-,36-,37-,38-,39+,40-/m0/s1. The number of phenols is 1. The van der Waals surface area contributed by atoms with Crippen LogP contribution in [0.25, 0.3) is 0 Å². The van der Waals surface area contributed by atoms with Gasteiger partial charge in [0.1, 0.15) is 28.6 Å². The van der Waals surface area contributed by atoms with Gasteiger partial charge < -0.3 is 25.0 Å². The third-order valence-corrected chi connectivity index (χ3v) is 14.5. The topological polar surface area (TPSA) is 123 Å². The van der Waals surface area contributed by atoms with E-state index in [2.05, 4.69) is 36.6 Å². The molecule has 7 atom stereocenters. The van der Waals surface area contributed by atoms with Gasteiger partial charge in [0.05, 0.1) is 18.2 Å². The van der Waals surface area contributed by atoms with Crippen LogP contribution in [0, 0.1) is 27.6 Å². The van der Waals surface area contributed by atoms with E-state index in [1.807, 2.05) is 25.1 Å². The van der Waals surface area contributed by atoms with E-state index in [-0.39, 0.29) is 29.8 Å². The molecule has 9 nitrogen and oxygen atoms in total. The quantitative estimate of drug-likeness (QED) is 0.324. The van der Waals surface area contributed by atoms with E-state index >= 15 is 0 Å². The van der Waals surface area contributed by atoms with Gasteiger partial charge in [-0.05, 0) is 73.4 Å². The number of ether oxygens (including phenoxy) is 1. The normalized spacial score (nSPS) is 37.7. The van der Waals surface area contributed by atoms with Crippen molar-refractivity contribution in [2.45, 2.75) is 71.5 Å². The first-order chi connectivity index (χ1) is 23.6. The number of aliphatic imine (C=N–C) groups is 1. The fraction of sp³-hybridized carbons (Fsp3) is 0.525. The number of fused-ring (bicyclic) bond motifs is 7. The molecule has 264 valence electrons. The van der Waals surface area contributed by atoms with Crippen LogP contribution in [0.2, 0.25) is 5.02 Å². The number of phenolic OH excluding ortho intramolecular Hbond substituents is 1. The number of aliphatic hydroxyl groups is 2. The molecule has 4 aliphatic carbocycles. The Kier molecular flexibility index (Phi) is 7.57. The monoisotopic (exact) mass is 699 g/mol. The van der Waals surface area contributed by atoms with Crippen LogP contribution in [0.3, 0.4) is 0 Å². The number of amidine groups is 1. The highest BCUT2D eigenvalue weighted by Crippen LogP contribution is 2.76. The summed E-state index contributed by atoms with van der Waals surface area (Å²) in [5.74, 6) is 1.85. The highest BCUT2D eigenvalue weighted by Gasteiger charge is 2.75. The summed E-state index contributed by atoms with van der Waals surface area (Å²) in [5, 5.41) is 35.4. The second-order valence-electron chi connectivity index (χ2n) is 16.3. The molecule has 0 aromatic heterocycles. The van der Waals surface area contributed by atoms with Crippen molar-refractivity contribution in [3.63, 3.8) is 0 Å². The average Bonchev–Trinajstić information content (AvgIpc) is 3.25. The lowest BCUT2D eigenvalue weighted by Gasteiger charge is -2.70. The van der Waals surface area contributed by atoms with E-state index in [9.17, 15) is 24.9 Å². The Labute approximate surface area is 298 Å². The summed E-state index contributed by atoms with van der Waals surface area (Å²) in [6, 6.07) is 10.3. The summed E-state index contributed by atoms with van der Waals surface area (Å²) in [4.78, 5) is 35.9. The third kappa shape index (κ3) is 4.52. The fourth-order valence-corrected chi connectivity index (χ4v) is 11.2. The molecule has 3 fully saturated rings. The van der Waals surface area contributed by atoms with E-state index in [0.717, 1.165) is 11.1 Å². The maximum atomic E-state index is 14.3. The Morgan fingerprint density at radius 2 is 1.78 bits per heavy atom. The smallest absolute Gasteiger partial charge is 0.178 e. The van der Waals surface area contributed by atoms with Crippen LogP contribution < -0.4 is 4.74 Å². The summed E-state index contributed by atoms with van der Waals surface area (Å²) >= 11 is 6.42. The Hall–Kier alpha value is -3.50. The van der Waals surface area contributed by atoms with Gasteiger partial charge in [-0.1, -0.05) is 57.0 Å². The van der Waals surface area contributed by atoms with E-state index in [1.54, 1.807) is 30.3 Å². The number of aliphatic hydroxyl groups excluding tert-OH is 1. The molecule has 0 unspecified atom stereocenters. The number of nitrogens with zero attached hydrogens (tertiary/aromatic N) is 3. The van der Waals surface area contributed by atoms with Gasteiger partial charge in [-0.3, -0.25) is 14.5 Å². The second-order valence-corrected chi connectivity index (χ2v) is 16.8.